The van der Waals surface area contributed by atoms with Gasteiger partial charge in [-0.3, -0.25) is 14.4 Å². The maximum atomic E-state index is 12.1. The van der Waals surface area contributed by atoms with E-state index in [9.17, 15) is 4.79 Å². The van der Waals surface area contributed by atoms with E-state index in [-0.39, 0.29) is 12.5 Å². The van der Waals surface area contributed by atoms with Crippen LogP contribution in [0.25, 0.3) is 5.69 Å². The van der Waals surface area contributed by atoms with Gasteiger partial charge in [0.25, 0.3) is 0 Å². The average Bonchev–Trinajstić information content (AvgIpc) is 3.06. The largest absolute Gasteiger partial charge is 0.497 e. The molecule has 3 N–H and O–H groups in total. The molecule has 3 aromatic rings. The number of aromatic nitrogens is 3. The van der Waals surface area contributed by atoms with Crippen molar-refractivity contribution in [2.75, 3.05) is 13.7 Å². The number of aliphatic imine (C=N–C) groups is 1. The maximum absolute atomic E-state index is 12.1. The molecule has 1 atom stereocenters. The molecular weight excluding hydrogens is 392 g/mol. The van der Waals surface area contributed by atoms with Gasteiger partial charge in [-0.1, -0.05) is 23.7 Å². The lowest BCUT2D eigenvalue weighted by atomic mass is 10.00. The zero-order chi connectivity index (χ0) is 20.5. The lowest BCUT2D eigenvalue weighted by Crippen LogP contribution is -2.34. The molecule has 148 valence electrons. The molecule has 2 aromatic carbocycles. The van der Waals surface area contributed by atoms with Crippen molar-refractivity contribution in [3.8, 4) is 11.4 Å². The summed E-state index contributed by atoms with van der Waals surface area (Å²) in [7, 11) is 1.61. The smallest absolute Gasteiger partial charge is 0.235 e. The molecule has 0 spiro atoms. The molecule has 1 aliphatic heterocycles. The van der Waals surface area contributed by atoms with Crippen molar-refractivity contribution in [1.82, 2.24) is 20.1 Å². The number of carbonyl (C=O) groups is 1. The number of carbonyl (C=O) groups excluding carboxylic acids is 1. The summed E-state index contributed by atoms with van der Waals surface area (Å²) in [5, 5.41) is 11.9. The Balaban J connectivity index is 1.99. The molecule has 1 aliphatic rings. The van der Waals surface area contributed by atoms with Crippen LogP contribution in [0.5, 0.6) is 5.75 Å². The van der Waals surface area contributed by atoms with E-state index in [4.69, 9.17) is 27.1 Å². The second-order valence-corrected chi connectivity index (χ2v) is 6.92. The molecule has 0 aliphatic carbocycles. The minimum Gasteiger partial charge on any atom is -0.497 e. The van der Waals surface area contributed by atoms with Crippen LogP contribution in [0.1, 0.15) is 28.9 Å². The summed E-state index contributed by atoms with van der Waals surface area (Å²) >= 11 is 6.07. The zero-order valence-corrected chi connectivity index (χ0v) is 16.6. The third-order valence-electron chi connectivity index (χ3n) is 4.65. The minimum atomic E-state index is -0.753. The fourth-order valence-electron chi connectivity index (χ4n) is 3.28. The number of nitrogens with two attached hydrogens (primary N) is 1. The van der Waals surface area contributed by atoms with Crippen molar-refractivity contribution < 1.29 is 9.53 Å². The van der Waals surface area contributed by atoms with Gasteiger partial charge in [0.15, 0.2) is 12.0 Å². The van der Waals surface area contributed by atoms with Crippen LogP contribution in [0, 0.1) is 6.92 Å². The fraction of sp³-hybridized carbons (Fsp3) is 0.200. The third kappa shape index (κ3) is 3.48. The monoisotopic (exact) mass is 410 g/mol. The molecule has 1 amide bonds. The van der Waals surface area contributed by atoms with Crippen molar-refractivity contribution in [3.63, 3.8) is 0 Å². The number of methoxy groups -OCH3 is 1. The number of hydrogen-bond acceptors (Lipinski definition) is 6. The number of aryl methyl sites for hydroxylation is 1. The first-order chi connectivity index (χ1) is 14.0. The highest BCUT2D eigenvalue weighted by Crippen LogP contribution is 2.32. The quantitative estimate of drug-likeness (QED) is 0.685. The fourth-order valence-corrected chi connectivity index (χ4v) is 3.41. The summed E-state index contributed by atoms with van der Waals surface area (Å²) in [4.78, 5) is 16.9. The molecule has 0 unspecified atom stereocenters. The Morgan fingerprint density at radius 3 is 2.69 bits per heavy atom. The van der Waals surface area contributed by atoms with Crippen LogP contribution in [0.3, 0.4) is 0 Å². The number of nitrogens with zero attached hydrogens (tertiary/aromatic N) is 4. The third-order valence-corrected chi connectivity index (χ3v) is 4.91. The van der Waals surface area contributed by atoms with E-state index >= 15 is 0 Å². The lowest BCUT2D eigenvalue weighted by molar-refractivity contribution is -0.120. The summed E-state index contributed by atoms with van der Waals surface area (Å²) in [5.74, 6) is 1.51. The molecule has 9 heteroatoms. The van der Waals surface area contributed by atoms with Gasteiger partial charge in [0.2, 0.25) is 5.91 Å². The second-order valence-electron chi connectivity index (χ2n) is 6.48. The number of hydrogen-bond donors (Lipinski definition) is 2. The topological polar surface area (TPSA) is 107 Å². The molecule has 4 rings (SSSR count). The number of amides is 1. The summed E-state index contributed by atoms with van der Waals surface area (Å²) in [6.45, 7) is 1.69. The van der Waals surface area contributed by atoms with E-state index in [0.717, 1.165) is 16.8 Å². The Hall–Kier alpha value is -3.23. The van der Waals surface area contributed by atoms with Crippen molar-refractivity contribution >= 4 is 23.2 Å². The van der Waals surface area contributed by atoms with Gasteiger partial charge in [-0.15, -0.1) is 10.2 Å². The normalized spacial score (nSPS) is 15.0. The molecular formula is C20H19ClN6O2. The SMILES string of the molecule is COc1ccc2c(c1)C(c1ccc(Cl)cc1)=N[C@H](NC(=O)CN)c1nnc(C)n1-2. The van der Waals surface area contributed by atoms with Crippen LogP contribution in [0.2, 0.25) is 5.02 Å². The summed E-state index contributed by atoms with van der Waals surface area (Å²) < 4.78 is 7.31. The summed E-state index contributed by atoms with van der Waals surface area (Å²) in [6, 6.07) is 13.0. The minimum absolute atomic E-state index is 0.157. The van der Waals surface area contributed by atoms with E-state index in [0.29, 0.717) is 28.1 Å². The molecule has 0 bridgehead atoms. The van der Waals surface area contributed by atoms with E-state index in [2.05, 4.69) is 15.5 Å². The van der Waals surface area contributed by atoms with Crippen LogP contribution in [-0.4, -0.2) is 40.0 Å². The van der Waals surface area contributed by atoms with Crippen LogP contribution in [-0.2, 0) is 4.79 Å². The molecule has 8 nitrogen and oxygen atoms in total. The van der Waals surface area contributed by atoms with E-state index < -0.39 is 6.17 Å². The number of nitrogens with one attached hydrogen (secondary N) is 1. The van der Waals surface area contributed by atoms with E-state index in [1.807, 2.05) is 41.8 Å². The molecule has 0 fully saturated rings. The van der Waals surface area contributed by atoms with Crippen LogP contribution in [0.15, 0.2) is 47.5 Å². The van der Waals surface area contributed by atoms with E-state index in [1.54, 1.807) is 19.2 Å². The average molecular weight is 411 g/mol. The van der Waals surface area contributed by atoms with Crippen LogP contribution < -0.4 is 15.8 Å². The van der Waals surface area contributed by atoms with Gasteiger partial charge in [0.05, 0.1) is 25.1 Å². The van der Waals surface area contributed by atoms with Gasteiger partial charge in [-0.05, 0) is 37.3 Å². The number of rotatable bonds is 4. The van der Waals surface area contributed by atoms with Gasteiger partial charge in [0.1, 0.15) is 11.6 Å². The van der Waals surface area contributed by atoms with Gasteiger partial charge >= 0.3 is 0 Å². The van der Waals surface area contributed by atoms with E-state index in [1.165, 1.54) is 0 Å². The van der Waals surface area contributed by atoms with Crippen molar-refractivity contribution in [2.24, 2.45) is 10.7 Å². The predicted octanol–water partition coefficient (Wildman–Crippen LogP) is 2.16. The molecule has 1 aromatic heterocycles. The van der Waals surface area contributed by atoms with Crippen molar-refractivity contribution in [1.29, 1.82) is 0 Å². The molecule has 2 heterocycles. The number of benzene rings is 2. The van der Waals surface area contributed by atoms with Gasteiger partial charge in [0, 0.05) is 16.1 Å². The Morgan fingerprint density at radius 1 is 1.24 bits per heavy atom. The molecule has 0 radical (unpaired) electrons. The first-order valence-electron chi connectivity index (χ1n) is 8.95. The summed E-state index contributed by atoms with van der Waals surface area (Å²) in [5.41, 5.74) is 8.67. The first-order valence-corrected chi connectivity index (χ1v) is 9.33. The van der Waals surface area contributed by atoms with Gasteiger partial charge in [-0.25, -0.2) is 0 Å². The number of halogens is 1. The van der Waals surface area contributed by atoms with Crippen LogP contribution >= 0.6 is 11.6 Å². The number of ether oxygens (including phenoxy) is 1. The zero-order valence-electron chi connectivity index (χ0n) is 15.9. The summed E-state index contributed by atoms with van der Waals surface area (Å²) in [6.07, 6.45) is -0.753. The lowest BCUT2D eigenvalue weighted by Gasteiger charge is -2.14. The standard InChI is InChI=1S/C20H19ClN6O2/c1-11-25-26-20-19(23-17(28)10-22)24-18(12-3-5-13(21)6-4-12)15-9-14(29-2)7-8-16(15)27(11)20/h3-9,19H,10,22H2,1-2H3,(H,23,28)/t19-/m0/s1. The van der Waals surface area contributed by atoms with Gasteiger partial charge < -0.3 is 15.8 Å². The Kier molecular flexibility index (Phi) is 5.04. The Labute approximate surface area is 172 Å². The van der Waals surface area contributed by atoms with Crippen molar-refractivity contribution in [3.05, 3.63) is 70.3 Å². The van der Waals surface area contributed by atoms with Gasteiger partial charge in [-0.2, -0.15) is 0 Å². The molecule has 0 saturated carbocycles. The Bertz CT molecular complexity index is 1110. The molecule has 0 saturated heterocycles. The molecule has 29 heavy (non-hydrogen) atoms. The highest BCUT2D eigenvalue weighted by molar-refractivity contribution is 6.30. The predicted molar refractivity (Wildman–Crippen MR) is 110 cm³/mol. The Morgan fingerprint density at radius 2 is 2.00 bits per heavy atom. The highest BCUT2D eigenvalue weighted by atomic mass is 35.5. The maximum Gasteiger partial charge on any atom is 0.235 e. The number of fused-ring (bicyclic) bond motifs is 3. The highest BCUT2D eigenvalue weighted by Gasteiger charge is 2.29. The first kappa shape index (κ1) is 19.1. The van der Waals surface area contributed by atoms with Crippen LogP contribution in [0.4, 0.5) is 0 Å². The van der Waals surface area contributed by atoms with Crippen molar-refractivity contribution in [2.45, 2.75) is 13.1 Å². The second kappa shape index (κ2) is 7.65.